The zero-order valence-electron chi connectivity index (χ0n) is 11.8. The van der Waals surface area contributed by atoms with E-state index in [1.165, 1.54) is 0 Å². The van der Waals surface area contributed by atoms with Gasteiger partial charge in [-0.25, -0.2) is 4.98 Å². The third-order valence-electron chi connectivity index (χ3n) is 3.44. The van der Waals surface area contributed by atoms with Crippen LogP contribution in [0.4, 0.5) is 0 Å². The Morgan fingerprint density at radius 3 is 2.67 bits per heavy atom. The van der Waals surface area contributed by atoms with Crippen LogP contribution in [0.5, 0.6) is 0 Å². The van der Waals surface area contributed by atoms with E-state index < -0.39 is 5.91 Å². The summed E-state index contributed by atoms with van der Waals surface area (Å²) in [6.45, 7) is 1.97. The molecule has 0 saturated carbocycles. The molecule has 1 amide bonds. The standard InChI is InChI=1S/C16H15N3OS/c1-10-6-5-7-11(15(17)20)14(10)19-13-9-4-3-8-12(13)18-16(19)21-2/h3-9H,1-2H3,(H2,17,20). The highest BCUT2D eigenvalue weighted by atomic mass is 32.2. The number of carbonyl (C=O) groups is 1. The van der Waals surface area contributed by atoms with Gasteiger partial charge in [0.15, 0.2) is 5.16 Å². The van der Waals surface area contributed by atoms with Crippen LogP contribution >= 0.6 is 11.8 Å². The second-order valence-corrected chi connectivity index (χ2v) is 5.53. The lowest BCUT2D eigenvalue weighted by atomic mass is 10.1. The lowest BCUT2D eigenvalue weighted by molar-refractivity contribution is 0.1000. The molecule has 0 spiro atoms. The molecule has 0 unspecified atom stereocenters. The number of thioether (sulfide) groups is 1. The molecule has 2 aromatic carbocycles. The number of rotatable bonds is 3. The van der Waals surface area contributed by atoms with Crippen molar-refractivity contribution in [3.8, 4) is 5.69 Å². The Labute approximate surface area is 127 Å². The second-order valence-electron chi connectivity index (χ2n) is 4.76. The zero-order valence-corrected chi connectivity index (χ0v) is 12.6. The summed E-state index contributed by atoms with van der Waals surface area (Å²) in [6, 6.07) is 13.5. The molecule has 5 heteroatoms. The molecule has 0 aliphatic carbocycles. The number of fused-ring (bicyclic) bond motifs is 1. The van der Waals surface area contributed by atoms with Crippen LogP contribution in [-0.4, -0.2) is 21.7 Å². The van der Waals surface area contributed by atoms with Gasteiger partial charge in [0.2, 0.25) is 0 Å². The Balaban J connectivity index is 2.43. The first-order valence-corrected chi connectivity index (χ1v) is 7.77. The first kappa shape index (κ1) is 13.7. The van der Waals surface area contributed by atoms with Crippen LogP contribution in [0.3, 0.4) is 0 Å². The molecule has 1 aromatic heterocycles. The van der Waals surface area contributed by atoms with Gasteiger partial charge in [-0.2, -0.15) is 0 Å². The summed E-state index contributed by atoms with van der Waals surface area (Å²) in [4.78, 5) is 16.4. The van der Waals surface area contributed by atoms with Crippen LogP contribution in [0.1, 0.15) is 15.9 Å². The monoisotopic (exact) mass is 297 g/mol. The highest BCUT2D eigenvalue weighted by molar-refractivity contribution is 7.98. The summed E-state index contributed by atoms with van der Waals surface area (Å²) < 4.78 is 2.01. The van der Waals surface area contributed by atoms with Crippen LogP contribution in [0.15, 0.2) is 47.6 Å². The molecule has 2 N–H and O–H groups in total. The third kappa shape index (κ3) is 2.19. The molecule has 21 heavy (non-hydrogen) atoms. The van der Waals surface area contributed by atoms with Gasteiger partial charge in [0.1, 0.15) is 0 Å². The predicted octanol–water partition coefficient (Wildman–Crippen LogP) is 3.15. The Hall–Kier alpha value is -2.27. The average molecular weight is 297 g/mol. The molecule has 3 rings (SSSR count). The quantitative estimate of drug-likeness (QED) is 0.755. The van der Waals surface area contributed by atoms with Crippen molar-refractivity contribution >= 4 is 28.7 Å². The van der Waals surface area contributed by atoms with Crippen molar-refractivity contribution < 1.29 is 4.79 Å². The molecule has 0 atom stereocenters. The Morgan fingerprint density at radius 2 is 1.95 bits per heavy atom. The minimum absolute atomic E-state index is 0.432. The lowest BCUT2D eigenvalue weighted by Crippen LogP contribution is -2.16. The number of carbonyl (C=O) groups excluding carboxylic acids is 1. The number of benzene rings is 2. The summed E-state index contributed by atoms with van der Waals surface area (Å²) in [5.41, 5.74) is 9.73. The highest BCUT2D eigenvalue weighted by Crippen LogP contribution is 2.30. The van der Waals surface area contributed by atoms with Gasteiger partial charge in [-0.15, -0.1) is 0 Å². The van der Waals surface area contributed by atoms with Crippen molar-refractivity contribution in [3.63, 3.8) is 0 Å². The predicted molar refractivity (Wildman–Crippen MR) is 86.1 cm³/mol. The molecule has 0 fully saturated rings. The van der Waals surface area contributed by atoms with E-state index in [1.807, 2.05) is 54.1 Å². The normalized spacial score (nSPS) is 11.0. The van der Waals surface area contributed by atoms with Crippen LogP contribution in [-0.2, 0) is 0 Å². The van der Waals surface area contributed by atoms with E-state index in [0.717, 1.165) is 27.4 Å². The second kappa shape index (κ2) is 5.26. The fraction of sp³-hybridized carbons (Fsp3) is 0.125. The van der Waals surface area contributed by atoms with Crippen molar-refractivity contribution in [2.45, 2.75) is 12.1 Å². The van der Waals surface area contributed by atoms with E-state index in [-0.39, 0.29) is 0 Å². The molecular weight excluding hydrogens is 282 g/mol. The SMILES string of the molecule is CSc1nc2ccccc2n1-c1c(C)cccc1C(N)=O. The Bertz CT molecular complexity index is 839. The number of imidazole rings is 1. The molecule has 0 radical (unpaired) electrons. The number of aryl methyl sites for hydroxylation is 1. The van der Waals surface area contributed by atoms with E-state index in [9.17, 15) is 4.79 Å². The third-order valence-corrected chi connectivity index (χ3v) is 4.08. The van der Waals surface area contributed by atoms with Crippen molar-refractivity contribution in [2.75, 3.05) is 6.26 Å². The molecule has 0 bridgehead atoms. The van der Waals surface area contributed by atoms with E-state index in [0.29, 0.717) is 5.56 Å². The van der Waals surface area contributed by atoms with E-state index in [1.54, 1.807) is 17.8 Å². The van der Waals surface area contributed by atoms with Gasteiger partial charge in [0.05, 0.1) is 22.3 Å². The van der Waals surface area contributed by atoms with Gasteiger partial charge >= 0.3 is 0 Å². The van der Waals surface area contributed by atoms with E-state index in [2.05, 4.69) is 4.98 Å². The highest BCUT2D eigenvalue weighted by Gasteiger charge is 2.18. The smallest absolute Gasteiger partial charge is 0.250 e. The summed E-state index contributed by atoms with van der Waals surface area (Å²) >= 11 is 1.54. The molecule has 106 valence electrons. The summed E-state index contributed by atoms with van der Waals surface area (Å²) in [6.07, 6.45) is 1.97. The number of aromatic nitrogens is 2. The van der Waals surface area contributed by atoms with Gasteiger partial charge in [-0.1, -0.05) is 36.0 Å². The largest absolute Gasteiger partial charge is 0.366 e. The lowest BCUT2D eigenvalue weighted by Gasteiger charge is -2.14. The maximum Gasteiger partial charge on any atom is 0.250 e. The molecule has 1 heterocycles. The number of nitrogens with two attached hydrogens (primary N) is 1. The van der Waals surface area contributed by atoms with Crippen molar-refractivity contribution in [3.05, 3.63) is 53.6 Å². The molecule has 0 aliphatic rings. The summed E-state index contributed by atoms with van der Waals surface area (Å²) in [5.74, 6) is -0.432. The van der Waals surface area contributed by atoms with E-state index in [4.69, 9.17) is 5.73 Å². The van der Waals surface area contributed by atoms with Crippen LogP contribution in [0.2, 0.25) is 0 Å². The van der Waals surface area contributed by atoms with Crippen LogP contribution in [0, 0.1) is 6.92 Å². The molecule has 0 saturated heterocycles. The van der Waals surface area contributed by atoms with E-state index >= 15 is 0 Å². The van der Waals surface area contributed by atoms with Crippen molar-refractivity contribution in [1.82, 2.24) is 9.55 Å². The van der Waals surface area contributed by atoms with Gasteiger partial charge in [-0.3, -0.25) is 9.36 Å². The van der Waals surface area contributed by atoms with Crippen LogP contribution in [0.25, 0.3) is 16.7 Å². The molecule has 3 aromatic rings. The number of primary amides is 1. The van der Waals surface area contributed by atoms with Gasteiger partial charge in [0, 0.05) is 0 Å². The minimum atomic E-state index is -0.432. The summed E-state index contributed by atoms with van der Waals surface area (Å²) in [5, 5.41) is 0.841. The average Bonchev–Trinajstić information content (AvgIpc) is 2.85. The number of hydrogen-bond acceptors (Lipinski definition) is 3. The molecule has 0 aliphatic heterocycles. The fourth-order valence-corrected chi connectivity index (χ4v) is 3.07. The number of hydrogen-bond donors (Lipinski definition) is 1. The van der Waals surface area contributed by atoms with Crippen LogP contribution < -0.4 is 5.73 Å². The zero-order chi connectivity index (χ0) is 15.0. The van der Waals surface area contributed by atoms with Gasteiger partial charge in [0.25, 0.3) is 5.91 Å². The number of amides is 1. The fourth-order valence-electron chi connectivity index (χ4n) is 2.51. The molecule has 4 nitrogen and oxygen atoms in total. The first-order valence-electron chi connectivity index (χ1n) is 6.54. The minimum Gasteiger partial charge on any atom is -0.366 e. The Kier molecular flexibility index (Phi) is 3.43. The topological polar surface area (TPSA) is 60.9 Å². The maximum atomic E-state index is 11.8. The van der Waals surface area contributed by atoms with Crippen molar-refractivity contribution in [1.29, 1.82) is 0 Å². The Morgan fingerprint density at radius 1 is 1.19 bits per heavy atom. The first-order chi connectivity index (χ1) is 10.1. The number of nitrogens with zero attached hydrogens (tertiary/aromatic N) is 2. The maximum absolute atomic E-state index is 11.8. The van der Waals surface area contributed by atoms with Crippen molar-refractivity contribution in [2.24, 2.45) is 5.73 Å². The van der Waals surface area contributed by atoms with Gasteiger partial charge < -0.3 is 5.73 Å². The number of para-hydroxylation sites is 3. The molecular formula is C16H15N3OS. The summed E-state index contributed by atoms with van der Waals surface area (Å²) in [7, 11) is 0. The van der Waals surface area contributed by atoms with Gasteiger partial charge in [-0.05, 0) is 36.9 Å².